The molecule has 0 aliphatic carbocycles. The molecule has 0 amide bonds. The monoisotopic (exact) mass is 690 g/mol. The summed E-state index contributed by atoms with van der Waals surface area (Å²) in [5, 5.41) is 12.3. The van der Waals surface area contributed by atoms with Crippen molar-refractivity contribution in [3.05, 3.63) is 186 Å². The van der Waals surface area contributed by atoms with Gasteiger partial charge in [0.15, 0.2) is 23.2 Å². The first kappa shape index (κ1) is 32.3. The van der Waals surface area contributed by atoms with Crippen LogP contribution in [-0.4, -0.2) is 19.5 Å². The van der Waals surface area contributed by atoms with E-state index >= 15 is 0 Å². The first-order valence-electron chi connectivity index (χ1n) is 17.6. The van der Waals surface area contributed by atoms with E-state index in [1.54, 1.807) is 0 Å². The zero-order valence-corrected chi connectivity index (χ0v) is 29.3. The van der Waals surface area contributed by atoms with E-state index in [9.17, 15) is 5.26 Å². The Balaban J connectivity index is 1.44. The fraction of sp³-hybridized carbons (Fsp3) is 0.0208. The quantitative estimate of drug-likeness (QED) is 0.163. The summed E-state index contributed by atoms with van der Waals surface area (Å²) in [7, 11) is 0. The lowest BCUT2D eigenvalue weighted by Gasteiger charge is -2.21. The second kappa shape index (κ2) is 13.5. The van der Waals surface area contributed by atoms with Crippen molar-refractivity contribution in [2.45, 2.75) is 6.92 Å². The van der Waals surface area contributed by atoms with Crippen molar-refractivity contribution in [2.24, 2.45) is 0 Å². The normalized spacial score (nSPS) is 11.0. The number of hydrogen-bond donors (Lipinski definition) is 0. The molecule has 6 heteroatoms. The summed E-state index contributed by atoms with van der Waals surface area (Å²) in [6.07, 6.45) is 0. The fourth-order valence-corrected chi connectivity index (χ4v) is 7.21. The van der Waals surface area contributed by atoms with Crippen LogP contribution in [0.1, 0.15) is 11.1 Å². The largest absolute Gasteiger partial charge is 0.308 e. The van der Waals surface area contributed by atoms with Gasteiger partial charge in [-0.05, 0) is 66.6 Å². The highest BCUT2D eigenvalue weighted by molar-refractivity contribution is 6.11. The van der Waals surface area contributed by atoms with Gasteiger partial charge < -0.3 is 4.57 Å². The van der Waals surface area contributed by atoms with E-state index in [-0.39, 0.29) is 0 Å². The molecular weight excluding hydrogens is 661 g/mol. The number of aromatic nitrogens is 4. The number of para-hydroxylation sites is 1. The smallest absolute Gasteiger partial charge is 0.187 e. The first-order valence-corrected chi connectivity index (χ1v) is 17.6. The van der Waals surface area contributed by atoms with Crippen LogP contribution >= 0.6 is 0 Å². The number of fused-ring (bicyclic) bond motifs is 3. The van der Waals surface area contributed by atoms with Crippen molar-refractivity contribution in [3.63, 3.8) is 0 Å². The molecule has 9 rings (SSSR count). The lowest BCUT2D eigenvalue weighted by atomic mass is 9.91. The molecule has 9 aromatic rings. The Hall–Kier alpha value is -7.67. The van der Waals surface area contributed by atoms with Crippen LogP contribution in [0.25, 0.3) is 88.8 Å². The van der Waals surface area contributed by atoms with Gasteiger partial charge in [-0.15, -0.1) is 0 Å². The molecular formula is C48H30N6. The average molecular weight is 691 g/mol. The van der Waals surface area contributed by atoms with Crippen molar-refractivity contribution >= 4 is 27.5 Å². The van der Waals surface area contributed by atoms with E-state index in [4.69, 9.17) is 21.5 Å². The maximum atomic E-state index is 10.1. The first-order chi connectivity index (χ1) is 26.6. The molecule has 0 unspecified atom stereocenters. The number of aryl methyl sites for hydroxylation is 1. The van der Waals surface area contributed by atoms with E-state index in [1.807, 2.05) is 109 Å². The highest BCUT2D eigenvalue weighted by Gasteiger charge is 2.23. The number of nitrogens with zero attached hydrogens (tertiary/aromatic N) is 6. The van der Waals surface area contributed by atoms with Crippen molar-refractivity contribution in [3.8, 4) is 68.2 Å². The summed E-state index contributed by atoms with van der Waals surface area (Å²) in [5.41, 5.74) is 11.3. The van der Waals surface area contributed by atoms with Crippen LogP contribution in [0.2, 0.25) is 0 Å². The van der Waals surface area contributed by atoms with Crippen molar-refractivity contribution in [1.82, 2.24) is 19.5 Å². The Morgan fingerprint density at radius 2 is 1.07 bits per heavy atom. The molecule has 252 valence electrons. The van der Waals surface area contributed by atoms with Crippen molar-refractivity contribution < 1.29 is 0 Å². The fourth-order valence-electron chi connectivity index (χ4n) is 7.21. The molecule has 0 N–H and O–H groups in total. The van der Waals surface area contributed by atoms with Gasteiger partial charge in [0.25, 0.3) is 0 Å². The third kappa shape index (κ3) is 5.75. The Morgan fingerprint density at radius 1 is 0.519 bits per heavy atom. The molecule has 0 saturated heterocycles. The van der Waals surface area contributed by atoms with E-state index in [2.05, 4.69) is 77.0 Å². The third-order valence-corrected chi connectivity index (χ3v) is 9.71. The maximum Gasteiger partial charge on any atom is 0.187 e. The van der Waals surface area contributed by atoms with Crippen LogP contribution in [0.3, 0.4) is 0 Å². The van der Waals surface area contributed by atoms with E-state index < -0.39 is 0 Å². The van der Waals surface area contributed by atoms with E-state index in [0.717, 1.165) is 66.4 Å². The molecule has 7 aromatic carbocycles. The van der Waals surface area contributed by atoms with Gasteiger partial charge in [-0.25, -0.2) is 19.8 Å². The highest BCUT2D eigenvalue weighted by Crippen LogP contribution is 2.44. The standard InChI is InChI=1S/C48H30N6/c1-31-23-24-44-42(25-31)39-21-9-10-22-43(39)54(44)45-40(35-18-11-13-32(26-35)30-49)28-37(29-41(45)36-19-12-20-38(27-36)50-2)48-52-46(33-14-5-3-6-15-33)51-47(53-48)34-16-7-4-8-17-34/h3-29H,1H3. The third-order valence-electron chi connectivity index (χ3n) is 9.71. The van der Waals surface area contributed by atoms with Crippen LogP contribution in [0.15, 0.2) is 164 Å². The van der Waals surface area contributed by atoms with Crippen LogP contribution in [0, 0.1) is 24.8 Å². The molecule has 0 aliphatic rings. The molecule has 0 bridgehead atoms. The number of nitriles is 1. The molecule has 0 spiro atoms. The summed E-state index contributed by atoms with van der Waals surface area (Å²) in [4.78, 5) is 19.0. The number of hydrogen-bond acceptors (Lipinski definition) is 4. The van der Waals surface area contributed by atoms with Crippen LogP contribution in [-0.2, 0) is 0 Å². The molecule has 0 aliphatic heterocycles. The highest BCUT2D eigenvalue weighted by atomic mass is 15.0. The zero-order chi connectivity index (χ0) is 36.6. The minimum Gasteiger partial charge on any atom is -0.308 e. The van der Waals surface area contributed by atoms with Crippen LogP contribution in [0.5, 0.6) is 0 Å². The Kier molecular flexibility index (Phi) is 8.04. The van der Waals surface area contributed by atoms with E-state index in [1.165, 1.54) is 5.56 Å². The second-order valence-corrected chi connectivity index (χ2v) is 13.2. The van der Waals surface area contributed by atoms with Gasteiger partial charge in [0, 0.05) is 38.6 Å². The van der Waals surface area contributed by atoms with E-state index in [0.29, 0.717) is 28.7 Å². The molecule has 0 radical (unpaired) electrons. The summed E-state index contributed by atoms with van der Waals surface area (Å²) >= 11 is 0. The molecule has 0 atom stereocenters. The zero-order valence-electron chi connectivity index (χ0n) is 29.3. The Morgan fingerprint density at radius 3 is 1.72 bits per heavy atom. The minimum atomic E-state index is 0.507. The van der Waals surface area contributed by atoms with Crippen molar-refractivity contribution in [1.29, 1.82) is 5.26 Å². The second-order valence-electron chi connectivity index (χ2n) is 13.2. The van der Waals surface area contributed by atoms with Gasteiger partial charge in [-0.1, -0.05) is 121 Å². The molecule has 2 aromatic heterocycles. The predicted octanol–water partition coefficient (Wildman–Crippen LogP) is 12.0. The van der Waals surface area contributed by atoms with Gasteiger partial charge in [0.2, 0.25) is 0 Å². The van der Waals surface area contributed by atoms with Crippen LogP contribution in [0.4, 0.5) is 5.69 Å². The van der Waals surface area contributed by atoms with Crippen LogP contribution < -0.4 is 0 Å². The summed E-state index contributed by atoms with van der Waals surface area (Å²) in [6, 6.07) is 56.9. The topological polar surface area (TPSA) is 71.8 Å². The predicted molar refractivity (Wildman–Crippen MR) is 217 cm³/mol. The average Bonchev–Trinajstić information content (AvgIpc) is 3.56. The number of benzene rings is 7. The summed E-state index contributed by atoms with van der Waals surface area (Å²) in [6.45, 7) is 10.0. The SMILES string of the molecule is [C-]#[N+]c1cccc(-c2cc(-c3nc(-c4ccccc4)nc(-c4ccccc4)n3)cc(-c3cccc(C#N)c3)c2-n2c3ccccc3c3cc(C)ccc32)c1. The molecule has 54 heavy (non-hydrogen) atoms. The minimum absolute atomic E-state index is 0.507. The van der Waals surface area contributed by atoms with Gasteiger partial charge in [-0.3, -0.25) is 0 Å². The van der Waals surface area contributed by atoms with Gasteiger partial charge in [0.1, 0.15) is 0 Å². The number of rotatable bonds is 6. The summed E-state index contributed by atoms with van der Waals surface area (Å²) < 4.78 is 2.32. The lowest BCUT2D eigenvalue weighted by molar-refractivity contribution is 1.07. The molecule has 0 saturated carbocycles. The van der Waals surface area contributed by atoms with Gasteiger partial charge in [0.05, 0.1) is 34.9 Å². The molecule has 2 heterocycles. The Labute approximate surface area is 312 Å². The van der Waals surface area contributed by atoms with Crippen molar-refractivity contribution in [2.75, 3.05) is 0 Å². The molecule has 6 nitrogen and oxygen atoms in total. The molecule has 0 fully saturated rings. The Bertz CT molecular complexity index is 2830. The lowest BCUT2D eigenvalue weighted by Crippen LogP contribution is -2.04. The van der Waals surface area contributed by atoms with Gasteiger partial charge >= 0.3 is 0 Å². The van der Waals surface area contributed by atoms with Gasteiger partial charge in [-0.2, -0.15) is 5.26 Å². The summed E-state index contributed by atoms with van der Waals surface area (Å²) in [5.74, 6) is 1.63. The maximum absolute atomic E-state index is 10.1.